The Labute approximate surface area is 188 Å². The van der Waals surface area contributed by atoms with E-state index in [1.54, 1.807) is 13.3 Å². The van der Waals surface area contributed by atoms with Crippen molar-refractivity contribution in [3.8, 4) is 17.2 Å². The molecule has 0 aliphatic carbocycles. The summed E-state index contributed by atoms with van der Waals surface area (Å²) in [6.07, 6.45) is 4.45. The molecule has 4 rings (SSSR count). The van der Waals surface area contributed by atoms with Crippen LogP contribution >= 0.6 is 0 Å². The summed E-state index contributed by atoms with van der Waals surface area (Å²) >= 11 is 0. The van der Waals surface area contributed by atoms with Crippen molar-refractivity contribution < 1.29 is 18.9 Å². The molecule has 0 aliphatic heterocycles. The number of hydrogen-bond acceptors (Lipinski definition) is 5. The van der Waals surface area contributed by atoms with Gasteiger partial charge >= 0.3 is 0 Å². The zero-order valence-corrected chi connectivity index (χ0v) is 18.2. The first-order chi connectivity index (χ1) is 15.8. The van der Waals surface area contributed by atoms with Crippen LogP contribution in [0.5, 0.6) is 17.2 Å². The van der Waals surface area contributed by atoms with Crippen molar-refractivity contribution in [1.29, 1.82) is 0 Å². The van der Waals surface area contributed by atoms with Crippen LogP contribution in [0.3, 0.4) is 0 Å². The average Bonchev–Trinajstić information content (AvgIpc) is 2.85. The van der Waals surface area contributed by atoms with Crippen LogP contribution in [0, 0.1) is 0 Å². The molecule has 5 heteroatoms. The Morgan fingerprint density at radius 3 is 2.34 bits per heavy atom. The van der Waals surface area contributed by atoms with Crippen molar-refractivity contribution in [3.05, 3.63) is 96.3 Å². The largest absolute Gasteiger partial charge is 0.496 e. The molecule has 0 aliphatic rings. The number of fused-ring (bicyclic) bond motifs is 1. The Bertz CT molecular complexity index is 1150. The summed E-state index contributed by atoms with van der Waals surface area (Å²) in [5.41, 5.74) is 2.13. The third-order valence-electron chi connectivity index (χ3n) is 5.09. The molecule has 0 saturated heterocycles. The van der Waals surface area contributed by atoms with Gasteiger partial charge < -0.3 is 18.9 Å². The Balaban J connectivity index is 1.24. The van der Waals surface area contributed by atoms with Crippen LogP contribution in [0.15, 0.2) is 85.2 Å². The van der Waals surface area contributed by atoms with Gasteiger partial charge in [-0.25, -0.2) is 0 Å². The Morgan fingerprint density at radius 1 is 0.719 bits per heavy atom. The van der Waals surface area contributed by atoms with Gasteiger partial charge in [-0.1, -0.05) is 42.5 Å². The molecule has 164 valence electrons. The molecule has 32 heavy (non-hydrogen) atoms. The summed E-state index contributed by atoms with van der Waals surface area (Å²) in [5.74, 6) is 2.31. The lowest BCUT2D eigenvalue weighted by Crippen LogP contribution is -2.05. The fourth-order valence-electron chi connectivity index (χ4n) is 3.42. The molecule has 0 saturated carbocycles. The van der Waals surface area contributed by atoms with Gasteiger partial charge in [-0.3, -0.25) is 4.98 Å². The zero-order chi connectivity index (χ0) is 22.0. The van der Waals surface area contributed by atoms with Gasteiger partial charge in [-0.05, 0) is 41.3 Å². The van der Waals surface area contributed by atoms with Gasteiger partial charge in [0.2, 0.25) is 0 Å². The molecular weight excluding hydrogens is 402 g/mol. The second kappa shape index (κ2) is 11.2. The summed E-state index contributed by atoms with van der Waals surface area (Å²) in [6, 6.07) is 23.9. The molecule has 3 aromatic carbocycles. The number of pyridine rings is 1. The highest BCUT2D eigenvalue weighted by molar-refractivity contribution is 5.81. The van der Waals surface area contributed by atoms with E-state index in [4.69, 9.17) is 18.9 Å². The van der Waals surface area contributed by atoms with Crippen LogP contribution in [-0.2, 0) is 18.0 Å². The van der Waals surface area contributed by atoms with E-state index in [0.717, 1.165) is 40.2 Å². The first-order valence-corrected chi connectivity index (χ1v) is 10.7. The van der Waals surface area contributed by atoms with Crippen molar-refractivity contribution in [2.24, 2.45) is 0 Å². The number of ether oxygens (including phenoxy) is 4. The summed E-state index contributed by atoms with van der Waals surface area (Å²) in [5, 5.41) is 2.27. The van der Waals surface area contributed by atoms with Crippen molar-refractivity contribution in [2.45, 2.75) is 19.6 Å². The fraction of sp³-hybridized carbons (Fsp3) is 0.222. The van der Waals surface area contributed by atoms with E-state index in [2.05, 4.69) is 23.2 Å². The predicted molar refractivity (Wildman–Crippen MR) is 125 cm³/mol. The minimum absolute atomic E-state index is 0.466. The van der Waals surface area contributed by atoms with E-state index in [-0.39, 0.29) is 0 Å². The minimum atomic E-state index is 0.466. The highest BCUT2D eigenvalue weighted by Crippen LogP contribution is 2.28. The third-order valence-corrected chi connectivity index (χ3v) is 5.09. The van der Waals surface area contributed by atoms with Gasteiger partial charge in [0.25, 0.3) is 0 Å². The van der Waals surface area contributed by atoms with Crippen LogP contribution in [0.4, 0.5) is 0 Å². The smallest absolute Gasteiger partial charge is 0.161 e. The second-order valence-electron chi connectivity index (χ2n) is 7.36. The van der Waals surface area contributed by atoms with E-state index in [1.807, 2.05) is 60.8 Å². The van der Waals surface area contributed by atoms with Crippen LogP contribution in [-0.4, -0.2) is 25.3 Å². The van der Waals surface area contributed by atoms with Crippen molar-refractivity contribution in [1.82, 2.24) is 4.98 Å². The number of benzene rings is 3. The quantitative estimate of drug-likeness (QED) is 0.282. The van der Waals surface area contributed by atoms with Gasteiger partial charge in [-0.2, -0.15) is 0 Å². The van der Waals surface area contributed by atoms with E-state index in [0.29, 0.717) is 26.4 Å². The Hall–Kier alpha value is -3.57. The molecule has 0 unspecified atom stereocenters. The van der Waals surface area contributed by atoms with Crippen molar-refractivity contribution in [3.63, 3.8) is 0 Å². The predicted octanol–water partition coefficient (Wildman–Crippen LogP) is 5.81. The molecule has 4 aromatic rings. The lowest BCUT2D eigenvalue weighted by Gasteiger charge is -2.13. The van der Waals surface area contributed by atoms with Crippen molar-refractivity contribution >= 4 is 10.8 Å². The minimum Gasteiger partial charge on any atom is -0.496 e. The number of nitrogens with zero attached hydrogens (tertiary/aromatic N) is 1. The van der Waals surface area contributed by atoms with Gasteiger partial charge in [-0.15, -0.1) is 0 Å². The molecule has 1 heterocycles. The van der Waals surface area contributed by atoms with Gasteiger partial charge in [0.1, 0.15) is 12.4 Å². The highest BCUT2D eigenvalue weighted by Gasteiger charge is 2.06. The summed E-state index contributed by atoms with van der Waals surface area (Å²) in [6.45, 7) is 2.14. The number of hydrogen-bond donors (Lipinski definition) is 0. The highest BCUT2D eigenvalue weighted by atomic mass is 16.5. The Morgan fingerprint density at radius 2 is 1.50 bits per heavy atom. The van der Waals surface area contributed by atoms with Crippen molar-refractivity contribution in [2.75, 3.05) is 20.3 Å². The molecule has 0 amide bonds. The molecule has 0 fully saturated rings. The average molecular weight is 430 g/mol. The number of aromatic nitrogens is 1. The van der Waals surface area contributed by atoms with E-state index < -0.39 is 0 Å². The summed E-state index contributed by atoms with van der Waals surface area (Å²) in [4.78, 5) is 4.19. The van der Waals surface area contributed by atoms with E-state index in [1.165, 1.54) is 5.39 Å². The molecular formula is C27H27NO4. The molecule has 0 N–H and O–H groups in total. The molecule has 0 spiro atoms. The first-order valence-electron chi connectivity index (χ1n) is 10.7. The number of rotatable bonds is 11. The molecule has 0 atom stereocenters. The number of methoxy groups -OCH3 is 1. The van der Waals surface area contributed by atoms with Crippen LogP contribution in [0.2, 0.25) is 0 Å². The normalized spacial score (nSPS) is 10.8. The topological polar surface area (TPSA) is 49.8 Å². The fourth-order valence-corrected chi connectivity index (χ4v) is 3.42. The zero-order valence-electron chi connectivity index (χ0n) is 18.2. The maximum Gasteiger partial charge on any atom is 0.161 e. The lowest BCUT2D eigenvalue weighted by atomic mass is 10.1. The first kappa shape index (κ1) is 21.7. The van der Waals surface area contributed by atoms with Gasteiger partial charge in [0, 0.05) is 29.8 Å². The van der Waals surface area contributed by atoms with Gasteiger partial charge in [0.15, 0.2) is 11.5 Å². The molecule has 5 nitrogen and oxygen atoms in total. The SMILES string of the molecule is COc1ccccc1COCCCOc1ccccc1OCc1ccc2ccncc2c1. The van der Waals surface area contributed by atoms with E-state index in [9.17, 15) is 0 Å². The number of para-hydroxylation sites is 3. The third kappa shape index (κ3) is 5.77. The van der Waals surface area contributed by atoms with Crippen LogP contribution in [0.25, 0.3) is 10.8 Å². The van der Waals surface area contributed by atoms with Crippen LogP contribution in [0.1, 0.15) is 17.5 Å². The molecule has 1 aromatic heterocycles. The lowest BCUT2D eigenvalue weighted by molar-refractivity contribution is 0.105. The summed E-state index contributed by atoms with van der Waals surface area (Å²) < 4.78 is 23.1. The molecule has 0 radical (unpaired) electrons. The maximum atomic E-state index is 6.04. The molecule has 0 bridgehead atoms. The van der Waals surface area contributed by atoms with Gasteiger partial charge in [0.05, 0.1) is 26.9 Å². The standard InChI is InChI=1S/C27H27NO4/c1-29-25-8-3-2-7-23(25)20-30-15-6-16-31-26-9-4-5-10-27(26)32-19-21-11-12-22-13-14-28-18-24(22)17-21/h2-5,7-14,17-18H,6,15-16,19-20H2,1H3. The summed E-state index contributed by atoms with van der Waals surface area (Å²) in [7, 11) is 1.67. The van der Waals surface area contributed by atoms with Crippen LogP contribution < -0.4 is 14.2 Å². The van der Waals surface area contributed by atoms with E-state index >= 15 is 0 Å². The Kier molecular flexibility index (Phi) is 7.55. The monoisotopic (exact) mass is 429 g/mol. The second-order valence-corrected chi connectivity index (χ2v) is 7.36. The maximum absolute atomic E-state index is 6.04.